The summed E-state index contributed by atoms with van der Waals surface area (Å²) in [5, 5.41) is 0. The Morgan fingerprint density at radius 1 is 0.882 bits per heavy atom. The zero-order chi connectivity index (χ0) is 13.1. The van der Waals surface area contributed by atoms with Crippen LogP contribution in [0, 0.1) is 10.8 Å². The molecule has 0 heterocycles. The molecule has 98 valence electrons. The predicted molar refractivity (Wildman–Crippen MR) is 45.1 cm³/mol. The van der Waals surface area contributed by atoms with Crippen LogP contribution >= 0.6 is 0 Å². The molecule has 1 nitrogen and oxygen atoms in total. The lowest BCUT2D eigenvalue weighted by atomic mass is 9.89. The second-order valence-electron chi connectivity index (χ2n) is 4.96. The normalized spacial score (nSPS) is 25.5. The number of halogens is 6. The molecular formula is C10H10F6O. The molecule has 0 aromatic rings. The summed E-state index contributed by atoms with van der Waals surface area (Å²) in [7, 11) is 0. The Bertz CT molecular complexity index is 345. The Balaban J connectivity index is 2.10. The summed E-state index contributed by atoms with van der Waals surface area (Å²) in [6, 6.07) is 0. The third-order valence-electron chi connectivity index (χ3n) is 3.78. The van der Waals surface area contributed by atoms with Gasteiger partial charge in [0.05, 0.1) is 5.41 Å². The van der Waals surface area contributed by atoms with E-state index in [0.717, 1.165) is 0 Å². The van der Waals surface area contributed by atoms with Crippen LogP contribution in [-0.2, 0) is 4.79 Å². The summed E-state index contributed by atoms with van der Waals surface area (Å²) >= 11 is 0. The van der Waals surface area contributed by atoms with Crippen molar-refractivity contribution in [2.45, 2.75) is 44.5 Å². The van der Waals surface area contributed by atoms with Crippen molar-refractivity contribution < 1.29 is 31.1 Å². The van der Waals surface area contributed by atoms with Crippen LogP contribution in [0.2, 0.25) is 0 Å². The van der Waals surface area contributed by atoms with Crippen molar-refractivity contribution in [3.8, 4) is 0 Å². The quantitative estimate of drug-likeness (QED) is 0.708. The Morgan fingerprint density at radius 2 is 1.35 bits per heavy atom. The summed E-state index contributed by atoms with van der Waals surface area (Å²) in [5.41, 5.74) is -4.65. The highest BCUT2D eigenvalue weighted by atomic mass is 19.4. The first-order valence-corrected chi connectivity index (χ1v) is 5.21. The fourth-order valence-electron chi connectivity index (χ4n) is 2.03. The van der Waals surface area contributed by atoms with E-state index in [1.54, 1.807) is 0 Å². The lowest BCUT2D eigenvalue weighted by Gasteiger charge is -2.23. The molecule has 17 heavy (non-hydrogen) atoms. The van der Waals surface area contributed by atoms with Gasteiger partial charge in [-0.25, -0.2) is 0 Å². The van der Waals surface area contributed by atoms with E-state index in [1.165, 1.54) is 0 Å². The van der Waals surface area contributed by atoms with Gasteiger partial charge in [0, 0.05) is 6.42 Å². The molecule has 0 unspecified atom stereocenters. The minimum absolute atomic E-state index is 0.240. The van der Waals surface area contributed by atoms with Crippen molar-refractivity contribution in [2.24, 2.45) is 10.8 Å². The molecule has 2 fully saturated rings. The molecule has 0 aromatic heterocycles. The van der Waals surface area contributed by atoms with E-state index in [9.17, 15) is 31.1 Å². The molecule has 0 amide bonds. The van der Waals surface area contributed by atoms with Gasteiger partial charge in [0.2, 0.25) is 0 Å². The molecule has 0 bridgehead atoms. The number of hydrogen-bond donors (Lipinski definition) is 0. The number of carbonyl (C=O) groups excluding carboxylic acids is 1. The summed E-state index contributed by atoms with van der Waals surface area (Å²) < 4.78 is 75.2. The van der Waals surface area contributed by atoms with Gasteiger partial charge in [0.15, 0.2) is 0 Å². The number of alkyl halides is 6. The van der Waals surface area contributed by atoms with Gasteiger partial charge in [-0.15, -0.1) is 0 Å². The number of Topliss-reactive ketones (excluding diaryl/α,β-unsaturated/α-hetero) is 1. The Kier molecular flexibility index (Phi) is 2.37. The largest absolute Gasteiger partial charge is 0.401 e. The molecule has 0 aliphatic heterocycles. The Hall–Kier alpha value is -0.750. The summed E-state index contributed by atoms with van der Waals surface area (Å²) in [6.07, 6.45) is -11.5. The zero-order valence-electron chi connectivity index (χ0n) is 8.71. The first kappa shape index (κ1) is 12.7. The first-order chi connectivity index (χ1) is 7.54. The van der Waals surface area contributed by atoms with Crippen LogP contribution in [0.15, 0.2) is 0 Å². The molecule has 2 rings (SSSR count). The third kappa shape index (κ3) is 1.83. The van der Waals surface area contributed by atoms with Crippen molar-refractivity contribution in [2.75, 3.05) is 0 Å². The standard InChI is InChI=1S/C10H10F6O/c11-9(12,13)7(1-2-7)5-6(17)8(3-4-8)10(14,15)16/h1-5H2. The van der Waals surface area contributed by atoms with Gasteiger partial charge in [0.1, 0.15) is 11.2 Å². The number of ketones is 1. The highest BCUT2D eigenvalue weighted by Gasteiger charge is 2.71. The van der Waals surface area contributed by atoms with Gasteiger partial charge in [-0.1, -0.05) is 0 Å². The van der Waals surface area contributed by atoms with E-state index in [0.29, 0.717) is 0 Å². The average molecular weight is 260 g/mol. The van der Waals surface area contributed by atoms with E-state index in [1.807, 2.05) is 0 Å². The maximum Gasteiger partial charge on any atom is 0.401 e. The molecule has 0 N–H and O–H groups in total. The van der Waals surface area contributed by atoms with Crippen LogP contribution in [0.3, 0.4) is 0 Å². The van der Waals surface area contributed by atoms with Crippen LogP contribution in [0.25, 0.3) is 0 Å². The van der Waals surface area contributed by atoms with E-state index >= 15 is 0 Å². The number of carbonyl (C=O) groups is 1. The van der Waals surface area contributed by atoms with Crippen LogP contribution in [0.4, 0.5) is 26.3 Å². The van der Waals surface area contributed by atoms with E-state index in [2.05, 4.69) is 0 Å². The van der Waals surface area contributed by atoms with Crippen molar-refractivity contribution in [3.05, 3.63) is 0 Å². The lowest BCUT2D eigenvalue weighted by Crippen LogP contribution is -2.37. The maximum absolute atomic E-state index is 12.5. The number of rotatable bonds is 3. The SMILES string of the molecule is O=C(CC1(C(F)(F)F)CC1)C1(C(F)(F)F)CC1. The molecule has 0 atom stereocenters. The molecule has 0 saturated heterocycles. The van der Waals surface area contributed by atoms with E-state index in [4.69, 9.17) is 0 Å². The number of hydrogen-bond acceptors (Lipinski definition) is 1. The molecule has 0 aromatic carbocycles. The molecule has 2 aliphatic rings. The molecule has 0 spiro atoms. The summed E-state index contributed by atoms with van der Waals surface area (Å²) in [4.78, 5) is 11.5. The lowest BCUT2D eigenvalue weighted by molar-refractivity contribution is -0.205. The second kappa shape index (κ2) is 3.17. The van der Waals surface area contributed by atoms with Crippen molar-refractivity contribution in [1.82, 2.24) is 0 Å². The molecule has 2 saturated carbocycles. The van der Waals surface area contributed by atoms with Gasteiger partial charge in [-0.2, -0.15) is 26.3 Å². The molecular weight excluding hydrogens is 250 g/mol. The minimum atomic E-state index is -4.72. The van der Waals surface area contributed by atoms with Crippen LogP contribution in [0.1, 0.15) is 32.1 Å². The van der Waals surface area contributed by atoms with Crippen molar-refractivity contribution in [3.63, 3.8) is 0 Å². The fourth-order valence-corrected chi connectivity index (χ4v) is 2.03. The van der Waals surface area contributed by atoms with Gasteiger partial charge in [-0.3, -0.25) is 4.79 Å². The summed E-state index contributed by atoms with van der Waals surface area (Å²) in [6.45, 7) is 0. The smallest absolute Gasteiger partial charge is 0.299 e. The fraction of sp³-hybridized carbons (Fsp3) is 0.900. The topological polar surface area (TPSA) is 17.1 Å². The predicted octanol–water partition coefficient (Wildman–Crippen LogP) is 3.63. The Labute approximate surface area is 93.2 Å². The van der Waals surface area contributed by atoms with Gasteiger partial charge >= 0.3 is 12.4 Å². The van der Waals surface area contributed by atoms with Gasteiger partial charge < -0.3 is 0 Å². The minimum Gasteiger partial charge on any atom is -0.299 e. The summed E-state index contributed by atoms with van der Waals surface area (Å²) in [5.74, 6) is -1.29. The van der Waals surface area contributed by atoms with Crippen molar-refractivity contribution in [1.29, 1.82) is 0 Å². The van der Waals surface area contributed by atoms with Crippen LogP contribution < -0.4 is 0 Å². The third-order valence-corrected chi connectivity index (χ3v) is 3.78. The zero-order valence-corrected chi connectivity index (χ0v) is 8.71. The second-order valence-corrected chi connectivity index (χ2v) is 4.96. The first-order valence-electron chi connectivity index (χ1n) is 5.21. The van der Waals surface area contributed by atoms with Gasteiger partial charge in [0.25, 0.3) is 0 Å². The van der Waals surface area contributed by atoms with E-state index in [-0.39, 0.29) is 25.7 Å². The van der Waals surface area contributed by atoms with Crippen LogP contribution in [0.5, 0.6) is 0 Å². The highest BCUT2D eigenvalue weighted by Crippen LogP contribution is 2.65. The van der Waals surface area contributed by atoms with E-state index < -0.39 is 35.4 Å². The van der Waals surface area contributed by atoms with Crippen molar-refractivity contribution >= 4 is 5.78 Å². The highest BCUT2D eigenvalue weighted by molar-refractivity contribution is 5.89. The molecule has 7 heteroatoms. The van der Waals surface area contributed by atoms with Gasteiger partial charge in [-0.05, 0) is 25.7 Å². The van der Waals surface area contributed by atoms with Crippen LogP contribution in [-0.4, -0.2) is 18.1 Å². The molecule has 0 radical (unpaired) electrons. The monoisotopic (exact) mass is 260 g/mol. The average Bonchev–Trinajstić information content (AvgIpc) is 2.95. The Morgan fingerprint density at radius 3 is 1.59 bits per heavy atom. The maximum atomic E-state index is 12.5. The molecule has 2 aliphatic carbocycles.